The molecule has 21 heavy (non-hydrogen) atoms. The number of rotatable bonds is 3. The first-order chi connectivity index (χ1) is 10.2. The van der Waals surface area contributed by atoms with Crippen molar-refractivity contribution in [3.05, 3.63) is 48.6 Å². The summed E-state index contributed by atoms with van der Waals surface area (Å²) in [5.41, 5.74) is 7.09. The van der Waals surface area contributed by atoms with Gasteiger partial charge < -0.3 is 10.6 Å². The second-order valence-corrected chi connectivity index (χ2v) is 5.90. The summed E-state index contributed by atoms with van der Waals surface area (Å²) in [5, 5.41) is 0. The number of amidine groups is 1. The van der Waals surface area contributed by atoms with Crippen LogP contribution in [0.1, 0.15) is 37.2 Å². The summed E-state index contributed by atoms with van der Waals surface area (Å²) in [6.07, 6.45) is 5.56. The molecule has 1 fully saturated rings. The maximum Gasteiger partial charge on any atom is 0.346 e. The Morgan fingerprint density at radius 2 is 2.00 bits per heavy atom. The fraction of sp³-hybridized carbons (Fsp3) is 0.412. The summed E-state index contributed by atoms with van der Waals surface area (Å²) in [4.78, 5) is 17.8. The van der Waals surface area contributed by atoms with Gasteiger partial charge in [0.25, 0.3) is 0 Å². The minimum atomic E-state index is -0.378. The molecule has 0 unspecified atom stereocenters. The topological polar surface area (TPSA) is 58.7 Å². The lowest BCUT2D eigenvalue weighted by Gasteiger charge is -2.42. The fourth-order valence-electron chi connectivity index (χ4n) is 3.65. The minimum absolute atomic E-state index is 0.217. The summed E-state index contributed by atoms with van der Waals surface area (Å²) in [5.74, 6) is 1.03. The van der Waals surface area contributed by atoms with E-state index in [0.717, 1.165) is 25.7 Å². The van der Waals surface area contributed by atoms with Crippen LogP contribution in [0.15, 0.2) is 48.0 Å². The van der Waals surface area contributed by atoms with Crippen molar-refractivity contribution >= 4 is 11.9 Å². The van der Waals surface area contributed by atoms with Crippen LogP contribution >= 0.6 is 0 Å². The summed E-state index contributed by atoms with van der Waals surface area (Å²) in [6, 6.07) is 10.4. The van der Waals surface area contributed by atoms with Crippen LogP contribution in [0.5, 0.6) is 0 Å². The zero-order chi connectivity index (χ0) is 14.9. The van der Waals surface area contributed by atoms with Gasteiger partial charge >= 0.3 is 6.03 Å². The van der Waals surface area contributed by atoms with Gasteiger partial charge in [-0.25, -0.2) is 4.79 Å². The van der Waals surface area contributed by atoms with E-state index in [0.29, 0.717) is 18.3 Å². The lowest BCUT2D eigenvalue weighted by molar-refractivity contribution is 0.147. The van der Waals surface area contributed by atoms with Gasteiger partial charge in [-0.15, -0.1) is 6.58 Å². The van der Waals surface area contributed by atoms with Crippen molar-refractivity contribution in [3.8, 4) is 0 Å². The minimum Gasteiger partial charge on any atom is -0.385 e. The number of amides is 2. The Morgan fingerprint density at radius 3 is 2.62 bits per heavy atom. The maximum atomic E-state index is 12.0. The van der Waals surface area contributed by atoms with Crippen molar-refractivity contribution < 1.29 is 4.79 Å². The summed E-state index contributed by atoms with van der Waals surface area (Å²) < 4.78 is 0. The monoisotopic (exact) mass is 283 g/mol. The zero-order valence-corrected chi connectivity index (χ0v) is 12.2. The van der Waals surface area contributed by atoms with Gasteiger partial charge in [0.15, 0.2) is 0 Å². The third kappa shape index (κ3) is 2.24. The van der Waals surface area contributed by atoms with Gasteiger partial charge in [-0.05, 0) is 37.2 Å². The Labute approximate surface area is 125 Å². The van der Waals surface area contributed by atoms with E-state index in [1.807, 2.05) is 6.07 Å². The van der Waals surface area contributed by atoms with Crippen LogP contribution < -0.4 is 5.73 Å². The van der Waals surface area contributed by atoms with Crippen LogP contribution in [0.4, 0.5) is 4.79 Å². The number of hydrogen-bond acceptors (Lipinski definition) is 2. The van der Waals surface area contributed by atoms with Gasteiger partial charge in [0.05, 0.1) is 0 Å². The van der Waals surface area contributed by atoms with E-state index in [-0.39, 0.29) is 11.6 Å². The highest BCUT2D eigenvalue weighted by atomic mass is 16.2. The van der Waals surface area contributed by atoms with Crippen LogP contribution in [-0.4, -0.2) is 28.9 Å². The largest absolute Gasteiger partial charge is 0.385 e. The molecular weight excluding hydrogens is 262 g/mol. The van der Waals surface area contributed by atoms with E-state index >= 15 is 0 Å². The molecule has 0 saturated heterocycles. The molecule has 4 nitrogen and oxygen atoms in total. The second kappa shape index (κ2) is 5.35. The fourth-order valence-corrected chi connectivity index (χ4v) is 3.65. The van der Waals surface area contributed by atoms with E-state index in [1.165, 1.54) is 5.56 Å². The molecule has 2 N–H and O–H groups in total. The van der Waals surface area contributed by atoms with Gasteiger partial charge in [-0.3, -0.25) is 0 Å². The van der Waals surface area contributed by atoms with Gasteiger partial charge in [-0.1, -0.05) is 36.4 Å². The zero-order valence-electron chi connectivity index (χ0n) is 12.2. The van der Waals surface area contributed by atoms with Crippen LogP contribution in [-0.2, 0) is 0 Å². The van der Waals surface area contributed by atoms with Crippen molar-refractivity contribution in [2.75, 3.05) is 6.54 Å². The number of nitrogens with zero attached hydrogens (tertiary/aromatic N) is 2. The van der Waals surface area contributed by atoms with E-state index < -0.39 is 0 Å². The molecule has 2 amide bonds. The Balaban J connectivity index is 1.78. The van der Waals surface area contributed by atoms with Crippen molar-refractivity contribution in [1.82, 2.24) is 4.90 Å². The predicted molar refractivity (Wildman–Crippen MR) is 84.3 cm³/mol. The first kappa shape index (κ1) is 13.9. The average Bonchev–Trinajstić information content (AvgIpc) is 2.74. The Morgan fingerprint density at radius 1 is 1.33 bits per heavy atom. The third-order valence-electron chi connectivity index (χ3n) is 4.84. The summed E-state index contributed by atoms with van der Waals surface area (Å²) in [7, 11) is 0. The van der Waals surface area contributed by atoms with E-state index in [1.54, 1.807) is 11.0 Å². The first-order valence-electron chi connectivity index (χ1n) is 7.49. The normalized spacial score (nSPS) is 28.8. The van der Waals surface area contributed by atoms with Gasteiger partial charge in [0.2, 0.25) is 0 Å². The molecule has 3 rings (SSSR count). The molecule has 1 spiro atoms. The molecule has 2 aliphatic rings. The Bertz CT molecular complexity index is 571. The molecular formula is C17H21N3O. The SMILES string of the molecule is C=CCN1C(=O)N=C(N)C12CCC(c1ccccc1)CC2. The number of benzene rings is 1. The Kier molecular flexibility index (Phi) is 3.53. The van der Waals surface area contributed by atoms with Crippen molar-refractivity contribution in [3.63, 3.8) is 0 Å². The van der Waals surface area contributed by atoms with Crippen molar-refractivity contribution in [2.45, 2.75) is 37.1 Å². The molecule has 1 aromatic carbocycles. The van der Waals surface area contributed by atoms with Gasteiger partial charge in [-0.2, -0.15) is 4.99 Å². The third-order valence-corrected chi connectivity index (χ3v) is 4.84. The number of carbonyl (C=O) groups is 1. The average molecular weight is 283 g/mol. The number of carbonyl (C=O) groups excluding carboxylic acids is 1. The van der Waals surface area contributed by atoms with Crippen LogP contribution in [0.2, 0.25) is 0 Å². The Hall–Kier alpha value is -2.10. The van der Waals surface area contributed by atoms with Crippen LogP contribution in [0.3, 0.4) is 0 Å². The molecule has 1 saturated carbocycles. The van der Waals surface area contributed by atoms with Gasteiger partial charge in [0, 0.05) is 6.54 Å². The quantitative estimate of drug-likeness (QED) is 0.867. The molecule has 1 heterocycles. The molecule has 110 valence electrons. The molecule has 4 heteroatoms. The van der Waals surface area contributed by atoms with Crippen LogP contribution in [0, 0.1) is 0 Å². The number of nitrogens with two attached hydrogens (primary N) is 1. The molecule has 0 atom stereocenters. The molecule has 0 bridgehead atoms. The van der Waals surface area contributed by atoms with Gasteiger partial charge in [0.1, 0.15) is 11.4 Å². The summed E-state index contributed by atoms with van der Waals surface area (Å²) >= 11 is 0. The lowest BCUT2D eigenvalue weighted by Crippen LogP contribution is -2.55. The van der Waals surface area contributed by atoms with E-state index in [2.05, 4.69) is 35.8 Å². The highest BCUT2D eigenvalue weighted by Crippen LogP contribution is 2.43. The predicted octanol–water partition coefficient (Wildman–Crippen LogP) is 3.06. The standard InChI is InChI=1S/C17H21N3O/c1-2-12-20-16(21)19-15(18)17(20)10-8-14(9-11-17)13-6-4-3-5-7-13/h2-7,14H,1,8-12H2,(H2,18,19,21). The van der Waals surface area contributed by atoms with E-state index in [4.69, 9.17) is 5.73 Å². The van der Waals surface area contributed by atoms with Crippen LogP contribution in [0.25, 0.3) is 0 Å². The summed E-state index contributed by atoms with van der Waals surface area (Å²) in [6.45, 7) is 4.25. The molecule has 0 radical (unpaired) electrons. The lowest BCUT2D eigenvalue weighted by atomic mass is 9.73. The number of urea groups is 1. The highest BCUT2D eigenvalue weighted by molar-refractivity contribution is 6.06. The molecule has 0 aromatic heterocycles. The molecule has 1 aliphatic heterocycles. The van der Waals surface area contributed by atoms with Crippen molar-refractivity contribution in [2.24, 2.45) is 10.7 Å². The van der Waals surface area contributed by atoms with E-state index in [9.17, 15) is 4.79 Å². The molecule has 1 aliphatic carbocycles. The number of aliphatic imine (C=N–C) groups is 1. The molecule has 1 aromatic rings. The smallest absolute Gasteiger partial charge is 0.346 e. The first-order valence-corrected chi connectivity index (χ1v) is 7.49. The maximum absolute atomic E-state index is 12.0. The second-order valence-electron chi connectivity index (χ2n) is 5.90. The highest BCUT2D eigenvalue weighted by Gasteiger charge is 2.49. The number of hydrogen-bond donors (Lipinski definition) is 1. The van der Waals surface area contributed by atoms with Crippen molar-refractivity contribution in [1.29, 1.82) is 0 Å².